The Morgan fingerprint density at radius 3 is 1.74 bits per heavy atom. The van der Waals surface area contributed by atoms with Gasteiger partial charge in [-0.15, -0.1) is 0 Å². The molecule has 0 spiro atoms. The normalized spacial score (nSPS) is 12.3. The van der Waals surface area contributed by atoms with Crippen LogP contribution in [0.25, 0.3) is 0 Å². The maximum absolute atomic E-state index is 12.9. The first kappa shape index (κ1) is 30.9. The van der Waals surface area contributed by atoms with Crippen LogP contribution in [0.2, 0.25) is 0 Å². The van der Waals surface area contributed by atoms with Crippen molar-refractivity contribution < 1.29 is 43.8 Å². The van der Waals surface area contributed by atoms with E-state index >= 15 is 0 Å². The highest BCUT2D eigenvalue weighted by atomic mass is 16.4. The first-order valence-corrected chi connectivity index (χ1v) is 12.2. The molecule has 0 heterocycles. The number of rotatable bonds is 18. The van der Waals surface area contributed by atoms with Crippen molar-refractivity contribution in [3.05, 3.63) is 60.7 Å². The summed E-state index contributed by atoms with van der Waals surface area (Å²) in [6.45, 7) is -1.71. The van der Waals surface area contributed by atoms with Crippen molar-refractivity contribution in [3.8, 4) is 0 Å². The van der Waals surface area contributed by atoms with Gasteiger partial charge in [0.05, 0.1) is 32.7 Å². The number of hydrogen-bond donors (Lipinski definition) is 6. The van der Waals surface area contributed by atoms with Crippen molar-refractivity contribution in [2.75, 3.05) is 69.5 Å². The van der Waals surface area contributed by atoms with Gasteiger partial charge in [-0.25, -0.2) is 4.79 Å². The fourth-order valence-electron chi connectivity index (χ4n) is 3.99. The van der Waals surface area contributed by atoms with E-state index in [1.54, 1.807) is 60.7 Å². The summed E-state index contributed by atoms with van der Waals surface area (Å²) in [4.78, 5) is 61.2. The Balaban J connectivity index is 2.20. The molecular formula is C26H34N5O8+. The van der Waals surface area contributed by atoms with E-state index in [1.165, 1.54) is 4.90 Å². The molecule has 0 bridgehead atoms. The number of amides is 2. The van der Waals surface area contributed by atoms with Crippen LogP contribution in [0.3, 0.4) is 0 Å². The summed E-state index contributed by atoms with van der Waals surface area (Å²) in [6, 6.07) is 17.2. The molecule has 1 atom stereocenters. The van der Waals surface area contributed by atoms with Gasteiger partial charge >= 0.3 is 17.9 Å². The van der Waals surface area contributed by atoms with E-state index in [4.69, 9.17) is 5.11 Å². The number of anilines is 2. The molecule has 0 radical (unpaired) electrons. The number of hydrogen-bond acceptors (Lipinski definition) is 7. The van der Waals surface area contributed by atoms with Gasteiger partial charge in [0.1, 0.15) is 0 Å². The third kappa shape index (κ3) is 12.6. The average Bonchev–Trinajstić information content (AvgIpc) is 2.85. The molecule has 0 aliphatic rings. The van der Waals surface area contributed by atoms with Crippen molar-refractivity contribution in [1.82, 2.24) is 10.2 Å². The Morgan fingerprint density at radius 1 is 0.667 bits per heavy atom. The molecule has 6 N–H and O–H groups in total. The van der Waals surface area contributed by atoms with Gasteiger partial charge in [0, 0.05) is 24.5 Å². The molecule has 2 amide bonds. The maximum atomic E-state index is 12.9. The number of nitrogens with zero attached hydrogens (tertiary/aromatic N) is 2. The van der Waals surface area contributed by atoms with Crippen LogP contribution in [0.5, 0.6) is 0 Å². The molecule has 0 aliphatic heterocycles. The second kappa shape index (κ2) is 15.8. The zero-order valence-corrected chi connectivity index (χ0v) is 21.4. The zero-order valence-electron chi connectivity index (χ0n) is 21.4. The van der Waals surface area contributed by atoms with E-state index < -0.39 is 42.8 Å². The summed E-state index contributed by atoms with van der Waals surface area (Å²) in [5, 5.41) is 36.1. The Kier molecular flexibility index (Phi) is 12.5. The Morgan fingerprint density at radius 2 is 1.23 bits per heavy atom. The third-order valence-electron chi connectivity index (χ3n) is 5.72. The lowest BCUT2D eigenvalue weighted by Gasteiger charge is -2.38. The lowest BCUT2D eigenvalue weighted by molar-refractivity contribution is -0.912. The molecule has 13 heteroatoms. The number of carboxylic acids is 3. The van der Waals surface area contributed by atoms with Gasteiger partial charge in [0.2, 0.25) is 5.91 Å². The molecule has 2 aromatic carbocycles. The number of para-hydroxylation sites is 2. The number of carbonyl (C=O) groups excluding carboxylic acids is 2. The van der Waals surface area contributed by atoms with Gasteiger partial charge in [-0.3, -0.25) is 24.1 Å². The second-order valence-corrected chi connectivity index (χ2v) is 9.00. The van der Waals surface area contributed by atoms with E-state index in [-0.39, 0.29) is 50.3 Å². The van der Waals surface area contributed by atoms with E-state index in [9.17, 15) is 34.2 Å². The summed E-state index contributed by atoms with van der Waals surface area (Å²) in [5.41, 5.74) is 1.06. The van der Waals surface area contributed by atoms with E-state index in [1.807, 2.05) is 0 Å². The lowest BCUT2D eigenvalue weighted by atomic mass is 10.2. The predicted octanol–water partition coefficient (Wildman–Crippen LogP) is 0.226. The first-order chi connectivity index (χ1) is 18.6. The van der Waals surface area contributed by atoms with Crippen LogP contribution >= 0.6 is 0 Å². The topological polar surface area (TPSA) is 185 Å². The number of quaternary nitrogens is 1. The van der Waals surface area contributed by atoms with Crippen LogP contribution in [0.1, 0.15) is 0 Å². The molecule has 0 aromatic heterocycles. The van der Waals surface area contributed by atoms with Crippen molar-refractivity contribution in [2.24, 2.45) is 0 Å². The summed E-state index contributed by atoms with van der Waals surface area (Å²) in [6.07, 6.45) is 0. The zero-order chi connectivity index (χ0) is 28.7. The molecule has 210 valence electrons. The van der Waals surface area contributed by atoms with Crippen LogP contribution in [0.15, 0.2) is 60.7 Å². The van der Waals surface area contributed by atoms with Crippen LogP contribution in [-0.4, -0.2) is 113 Å². The molecule has 2 rings (SSSR count). The standard InChI is InChI=1S/C26H33N5O8/c32-22(28-20-7-3-1-4-8-20)16-30(17-25(36)37)12-14-31(19-26(38)39,13-11-27-15-24(34)35)18-23(33)29-21-9-5-2-6-10-21/h1-10,27H,11-19H2,(H4-,28,29,32,33,34,35,36,37,38,39)/p+1. The van der Waals surface area contributed by atoms with Gasteiger partial charge in [-0.2, -0.15) is 0 Å². The largest absolute Gasteiger partial charge is 0.480 e. The smallest absolute Gasteiger partial charge is 0.359 e. The average molecular weight is 545 g/mol. The highest BCUT2D eigenvalue weighted by Crippen LogP contribution is 2.12. The molecule has 0 saturated heterocycles. The van der Waals surface area contributed by atoms with E-state index in [2.05, 4.69) is 16.0 Å². The monoisotopic (exact) mass is 544 g/mol. The number of aliphatic carboxylic acids is 3. The van der Waals surface area contributed by atoms with E-state index in [0.717, 1.165) is 0 Å². The fourth-order valence-corrected chi connectivity index (χ4v) is 3.99. The van der Waals surface area contributed by atoms with Crippen LogP contribution in [0, 0.1) is 0 Å². The Hall–Kier alpha value is -4.33. The van der Waals surface area contributed by atoms with Crippen molar-refractivity contribution in [2.45, 2.75) is 0 Å². The molecule has 0 aliphatic carbocycles. The van der Waals surface area contributed by atoms with Gasteiger partial charge < -0.3 is 35.8 Å². The molecule has 0 saturated carbocycles. The quantitative estimate of drug-likeness (QED) is 0.112. The van der Waals surface area contributed by atoms with Crippen molar-refractivity contribution >= 4 is 41.1 Å². The minimum Gasteiger partial charge on any atom is -0.480 e. The SMILES string of the molecule is O=C(O)CNCC[N+](CCN(CC(=O)O)CC(=O)Nc1ccccc1)(CC(=O)O)CC(=O)Nc1ccccc1. The van der Waals surface area contributed by atoms with Gasteiger partial charge in [-0.05, 0) is 24.3 Å². The molecule has 0 fully saturated rings. The van der Waals surface area contributed by atoms with Crippen LogP contribution in [-0.2, 0) is 24.0 Å². The molecule has 13 nitrogen and oxygen atoms in total. The predicted molar refractivity (Wildman–Crippen MR) is 142 cm³/mol. The van der Waals surface area contributed by atoms with Crippen LogP contribution < -0.4 is 16.0 Å². The summed E-state index contributed by atoms with van der Waals surface area (Å²) in [5.74, 6) is -4.38. The summed E-state index contributed by atoms with van der Waals surface area (Å²) in [7, 11) is 0. The van der Waals surface area contributed by atoms with Crippen LogP contribution in [0.4, 0.5) is 11.4 Å². The lowest BCUT2D eigenvalue weighted by Crippen LogP contribution is -2.60. The Labute approximate surface area is 225 Å². The fraction of sp³-hybridized carbons (Fsp3) is 0.346. The molecule has 1 unspecified atom stereocenters. The molecular weight excluding hydrogens is 510 g/mol. The highest BCUT2D eigenvalue weighted by Gasteiger charge is 2.34. The van der Waals surface area contributed by atoms with Gasteiger partial charge in [-0.1, -0.05) is 36.4 Å². The molecule has 39 heavy (non-hydrogen) atoms. The number of benzene rings is 2. The van der Waals surface area contributed by atoms with Crippen molar-refractivity contribution in [1.29, 1.82) is 0 Å². The minimum atomic E-state index is -1.19. The Bertz CT molecular complexity index is 1120. The highest BCUT2D eigenvalue weighted by molar-refractivity contribution is 5.92. The first-order valence-electron chi connectivity index (χ1n) is 12.2. The minimum absolute atomic E-state index is 0.00909. The van der Waals surface area contributed by atoms with Gasteiger partial charge in [0.25, 0.3) is 5.91 Å². The number of carboxylic acid groups (broad SMARTS) is 3. The number of nitrogens with one attached hydrogen (secondary N) is 3. The maximum Gasteiger partial charge on any atom is 0.359 e. The molecule has 2 aromatic rings. The van der Waals surface area contributed by atoms with E-state index in [0.29, 0.717) is 11.4 Å². The number of carbonyl (C=O) groups is 5. The summed E-state index contributed by atoms with van der Waals surface area (Å²) >= 11 is 0. The summed E-state index contributed by atoms with van der Waals surface area (Å²) < 4.78 is -0.308. The van der Waals surface area contributed by atoms with Gasteiger partial charge in [0.15, 0.2) is 13.1 Å². The second-order valence-electron chi connectivity index (χ2n) is 9.00. The third-order valence-corrected chi connectivity index (χ3v) is 5.72. The van der Waals surface area contributed by atoms with Crippen molar-refractivity contribution in [3.63, 3.8) is 0 Å².